The van der Waals surface area contributed by atoms with Crippen molar-refractivity contribution in [1.29, 1.82) is 0 Å². The number of benzene rings is 2. The van der Waals surface area contributed by atoms with Crippen LogP contribution < -0.4 is 0 Å². The van der Waals surface area contributed by atoms with E-state index in [1.54, 1.807) is 0 Å². The average Bonchev–Trinajstić information content (AvgIpc) is 3.56. The van der Waals surface area contributed by atoms with Crippen molar-refractivity contribution in [3.05, 3.63) is 82.4 Å². The van der Waals surface area contributed by atoms with Crippen LogP contribution in [0.3, 0.4) is 0 Å². The maximum Gasteiger partial charge on any atom is 0.417 e. The first-order valence-corrected chi connectivity index (χ1v) is 12.0. The highest BCUT2D eigenvalue weighted by atomic mass is 19.4. The first kappa shape index (κ1) is 28.8. The third kappa shape index (κ3) is 5.43. The van der Waals surface area contributed by atoms with Crippen LogP contribution in [0.4, 0.5) is 35.1 Å². The van der Waals surface area contributed by atoms with E-state index in [0.717, 1.165) is 17.1 Å². The molecule has 5 rings (SSSR count). The van der Waals surface area contributed by atoms with Crippen molar-refractivity contribution in [1.82, 2.24) is 20.1 Å². The molecule has 0 radical (unpaired) electrons. The number of nitrogens with one attached hydrogen (secondary N) is 1. The molecule has 0 amide bonds. The number of aromatic nitrogens is 3. The van der Waals surface area contributed by atoms with Crippen LogP contribution in [0.1, 0.15) is 41.2 Å². The Labute approximate surface area is 230 Å². The number of hydrazone groups is 1. The first-order chi connectivity index (χ1) is 19.8. The number of hydrogen-bond donors (Lipinski definition) is 1. The number of fused-ring (bicyclic) bond motifs is 1. The van der Waals surface area contributed by atoms with E-state index in [2.05, 4.69) is 20.2 Å². The molecule has 16 heteroatoms. The number of ether oxygens (including phenoxy) is 1. The maximum atomic E-state index is 14.3. The normalized spacial score (nSPS) is 14.2. The molecule has 1 aliphatic heterocycles. The van der Waals surface area contributed by atoms with Gasteiger partial charge < -0.3 is 14.2 Å². The zero-order valence-corrected chi connectivity index (χ0v) is 21.1. The van der Waals surface area contributed by atoms with Gasteiger partial charge in [0.2, 0.25) is 6.04 Å². The van der Waals surface area contributed by atoms with E-state index in [1.807, 2.05) is 0 Å². The molecule has 0 aliphatic carbocycles. The standard InChI is InChI=1S/C26H17F8N5O3/c1-2-41-24(40)22(39-11-19-18(10-35-39)36-23(37-19)14-4-3-5-16(27)21(14)28)20-9-17(38-42-20)13-7-6-12(25(29,30)31)8-15(13)26(32,33)34/h3-10,22H,2,11H2,1H3,(H,36,37). The predicted molar refractivity (Wildman–Crippen MR) is 128 cm³/mol. The average molecular weight is 599 g/mol. The highest BCUT2D eigenvalue weighted by molar-refractivity contribution is 5.82. The first-order valence-electron chi connectivity index (χ1n) is 12.0. The summed E-state index contributed by atoms with van der Waals surface area (Å²) in [6.45, 7) is 1.22. The lowest BCUT2D eigenvalue weighted by Gasteiger charge is -2.27. The minimum absolute atomic E-state index is 0.0260. The Bertz CT molecular complexity index is 1680. The Kier molecular flexibility index (Phi) is 7.24. The van der Waals surface area contributed by atoms with Gasteiger partial charge in [0.05, 0.1) is 41.8 Å². The smallest absolute Gasteiger partial charge is 0.417 e. The van der Waals surface area contributed by atoms with Gasteiger partial charge in [-0.15, -0.1) is 0 Å². The fraction of sp³-hybridized carbons (Fsp3) is 0.231. The molecule has 1 atom stereocenters. The molecule has 1 N–H and O–H groups in total. The number of rotatable bonds is 6. The third-order valence-electron chi connectivity index (χ3n) is 6.20. The van der Waals surface area contributed by atoms with Crippen molar-refractivity contribution in [2.45, 2.75) is 31.9 Å². The van der Waals surface area contributed by atoms with E-state index in [4.69, 9.17) is 9.26 Å². The summed E-state index contributed by atoms with van der Waals surface area (Å²) < 4.78 is 119. The second-order valence-corrected chi connectivity index (χ2v) is 8.92. The SMILES string of the molecule is CCOC(=O)C(c1cc(-c2ccc(C(F)(F)F)cc2C(F)(F)F)no1)N1Cc2[nH]c(-c3cccc(F)c3F)nc2C=N1. The molecule has 2 aromatic heterocycles. The predicted octanol–water partition coefficient (Wildman–Crippen LogP) is 6.50. The highest BCUT2D eigenvalue weighted by Gasteiger charge is 2.40. The van der Waals surface area contributed by atoms with Gasteiger partial charge in [-0.25, -0.2) is 18.6 Å². The molecule has 0 saturated carbocycles. The summed E-state index contributed by atoms with van der Waals surface area (Å²) in [5.74, 6) is -3.52. The summed E-state index contributed by atoms with van der Waals surface area (Å²) in [6, 6.07) is 4.01. The van der Waals surface area contributed by atoms with Crippen molar-refractivity contribution in [3.8, 4) is 22.6 Å². The number of carbonyl (C=O) groups excluding carboxylic acids is 1. The number of halogens is 8. The van der Waals surface area contributed by atoms with Gasteiger partial charge in [0.15, 0.2) is 17.4 Å². The van der Waals surface area contributed by atoms with Crippen molar-refractivity contribution >= 4 is 12.2 Å². The Morgan fingerprint density at radius 2 is 1.83 bits per heavy atom. The molecule has 220 valence electrons. The van der Waals surface area contributed by atoms with Crippen LogP contribution >= 0.6 is 0 Å². The fourth-order valence-electron chi connectivity index (χ4n) is 4.28. The molecule has 0 fully saturated rings. The Morgan fingerprint density at radius 3 is 2.52 bits per heavy atom. The molecule has 0 spiro atoms. The highest BCUT2D eigenvalue weighted by Crippen LogP contribution is 2.41. The molecule has 2 aromatic carbocycles. The summed E-state index contributed by atoms with van der Waals surface area (Å²) in [7, 11) is 0. The quantitative estimate of drug-likeness (QED) is 0.201. The van der Waals surface area contributed by atoms with Gasteiger partial charge in [0, 0.05) is 11.6 Å². The molecular weight excluding hydrogens is 582 g/mol. The number of hydrogen-bond acceptors (Lipinski definition) is 7. The Balaban J connectivity index is 1.50. The topological polar surface area (TPSA) is 96.6 Å². The van der Waals surface area contributed by atoms with Gasteiger partial charge in [-0.1, -0.05) is 17.3 Å². The van der Waals surface area contributed by atoms with Gasteiger partial charge in [-0.05, 0) is 31.2 Å². The maximum absolute atomic E-state index is 14.3. The number of H-pyrrole nitrogens is 1. The van der Waals surface area contributed by atoms with Crippen LogP contribution in [0.5, 0.6) is 0 Å². The van der Waals surface area contributed by atoms with Crippen LogP contribution in [0.25, 0.3) is 22.6 Å². The zero-order chi connectivity index (χ0) is 30.4. The molecule has 1 unspecified atom stereocenters. The molecule has 42 heavy (non-hydrogen) atoms. The lowest BCUT2D eigenvalue weighted by atomic mass is 10.00. The summed E-state index contributed by atoms with van der Waals surface area (Å²) in [6.07, 6.45) is -9.00. The van der Waals surface area contributed by atoms with Crippen LogP contribution in [-0.2, 0) is 28.4 Å². The van der Waals surface area contributed by atoms with E-state index in [1.165, 1.54) is 25.3 Å². The lowest BCUT2D eigenvalue weighted by molar-refractivity contribution is -0.151. The third-order valence-corrected chi connectivity index (χ3v) is 6.20. The largest absolute Gasteiger partial charge is 0.464 e. The summed E-state index contributed by atoms with van der Waals surface area (Å²) in [4.78, 5) is 20.0. The zero-order valence-electron chi connectivity index (χ0n) is 21.1. The molecule has 4 aromatic rings. The molecule has 0 bridgehead atoms. The van der Waals surface area contributed by atoms with E-state index < -0.39 is 58.4 Å². The summed E-state index contributed by atoms with van der Waals surface area (Å²) in [5.41, 5.74) is -3.93. The van der Waals surface area contributed by atoms with Gasteiger partial charge in [-0.2, -0.15) is 31.4 Å². The lowest BCUT2D eigenvalue weighted by Crippen LogP contribution is -2.33. The van der Waals surface area contributed by atoms with Crippen LogP contribution in [0, 0.1) is 11.6 Å². The summed E-state index contributed by atoms with van der Waals surface area (Å²) >= 11 is 0. The molecule has 3 heterocycles. The number of nitrogens with zero attached hydrogens (tertiary/aromatic N) is 4. The number of esters is 1. The van der Waals surface area contributed by atoms with Crippen molar-refractivity contribution in [3.63, 3.8) is 0 Å². The van der Waals surface area contributed by atoms with Crippen molar-refractivity contribution in [2.75, 3.05) is 6.61 Å². The second kappa shape index (κ2) is 10.6. The Morgan fingerprint density at radius 1 is 1.07 bits per heavy atom. The van der Waals surface area contributed by atoms with Crippen molar-refractivity contribution in [2.24, 2.45) is 5.10 Å². The van der Waals surface area contributed by atoms with E-state index in [-0.39, 0.29) is 42.1 Å². The minimum atomic E-state index is -5.18. The van der Waals surface area contributed by atoms with Crippen LogP contribution in [0.15, 0.2) is 52.1 Å². The minimum Gasteiger partial charge on any atom is -0.464 e. The second-order valence-electron chi connectivity index (χ2n) is 8.92. The van der Waals surface area contributed by atoms with Gasteiger partial charge >= 0.3 is 18.3 Å². The molecule has 0 saturated heterocycles. The fourth-order valence-corrected chi connectivity index (χ4v) is 4.28. The Hall–Kier alpha value is -4.76. The van der Waals surface area contributed by atoms with E-state index in [0.29, 0.717) is 17.8 Å². The summed E-state index contributed by atoms with van der Waals surface area (Å²) in [5, 5.41) is 8.85. The molecule has 8 nitrogen and oxygen atoms in total. The van der Waals surface area contributed by atoms with E-state index >= 15 is 0 Å². The molecule has 1 aliphatic rings. The number of imidazole rings is 1. The van der Waals surface area contributed by atoms with Gasteiger partial charge in [0.1, 0.15) is 17.2 Å². The monoisotopic (exact) mass is 599 g/mol. The van der Waals surface area contributed by atoms with Crippen LogP contribution in [0.2, 0.25) is 0 Å². The van der Waals surface area contributed by atoms with Gasteiger partial charge in [-0.3, -0.25) is 5.01 Å². The number of aromatic amines is 1. The van der Waals surface area contributed by atoms with E-state index in [9.17, 15) is 39.9 Å². The van der Waals surface area contributed by atoms with Crippen molar-refractivity contribution < 1.29 is 49.2 Å². The van der Waals surface area contributed by atoms with Crippen LogP contribution in [-0.4, -0.2) is 38.9 Å². The molecular formula is C26H17F8N5O3. The number of alkyl halides is 6. The number of carbonyl (C=O) groups is 1. The van der Waals surface area contributed by atoms with Gasteiger partial charge in [0.25, 0.3) is 0 Å².